The molecule has 0 radical (unpaired) electrons. The predicted molar refractivity (Wildman–Crippen MR) is 120 cm³/mol. The summed E-state index contributed by atoms with van der Waals surface area (Å²) < 4.78 is 4.00. The summed E-state index contributed by atoms with van der Waals surface area (Å²) in [7, 11) is 0. The van der Waals surface area contributed by atoms with Gasteiger partial charge in [0.2, 0.25) is 5.91 Å². The van der Waals surface area contributed by atoms with Crippen LogP contribution in [0.4, 0.5) is 0 Å². The van der Waals surface area contributed by atoms with Crippen molar-refractivity contribution in [3.63, 3.8) is 0 Å². The molecular formula is C24H33N5O. The lowest BCUT2D eigenvalue weighted by molar-refractivity contribution is -0.121. The third-order valence-corrected chi connectivity index (χ3v) is 5.58. The highest BCUT2D eigenvalue weighted by Crippen LogP contribution is 2.19. The van der Waals surface area contributed by atoms with Crippen LogP contribution in [-0.2, 0) is 24.3 Å². The van der Waals surface area contributed by atoms with Crippen molar-refractivity contribution >= 4 is 5.91 Å². The molecule has 0 saturated carbocycles. The number of aryl methyl sites for hydroxylation is 2. The highest BCUT2D eigenvalue weighted by Gasteiger charge is 2.16. The molecule has 30 heavy (non-hydrogen) atoms. The van der Waals surface area contributed by atoms with Crippen molar-refractivity contribution in [1.29, 1.82) is 0 Å². The molecule has 0 aliphatic heterocycles. The number of amides is 1. The van der Waals surface area contributed by atoms with Gasteiger partial charge in [0.15, 0.2) is 0 Å². The summed E-state index contributed by atoms with van der Waals surface area (Å²) >= 11 is 0. The Morgan fingerprint density at radius 3 is 2.30 bits per heavy atom. The quantitative estimate of drug-likeness (QED) is 0.608. The predicted octanol–water partition coefficient (Wildman–Crippen LogP) is 4.21. The summed E-state index contributed by atoms with van der Waals surface area (Å²) in [6.07, 6.45) is 1.17. The zero-order chi connectivity index (χ0) is 21.8. The number of nitrogens with zero attached hydrogens (tertiary/aromatic N) is 4. The highest BCUT2D eigenvalue weighted by molar-refractivity contribution is 5.76. The van der Waals surface area contributed by atoms with E-state index in [1.165, 1.54) is 11.3 Å². The van der Waals surface area contributed by atoms with Crippen LogP contribution in [0.2, 0.25) is 0 Å². The van der Waals surface area contributed by atoms with Gasteiger partial charge in [0.1, 0.15) is 0 Å². The van der Waals surface area contributed by atoms with Crippen molar-refractivity contribution in [3.8, 4) is 5.69 Å². The summed E-state index contributed by atoms with van der Waals surface area (Å²) in [6.45, 7) is 13.9. The van der Waals surface area contributed by atoms with Crippen LogP contribution in [0.1, 0.15) is 54.2 Å². The molecule has 0 bridgehead atoms. The summed E-state index contributed by atoms with van der Waals surface area (Å²) in [5.74, 6) is 0.596. The summed E-state index contributed by atoms with van der Waals surface area (Å²) in [5.41, 5.74) is 7.49. The SMILES string of the molecule is Cc1nn(CC(C)C)c(C)c1CCC(=O)NCc1c(C)nn(-c2ccccc2)c1C. The molecule has 0 aliphatic carbocycles. The molecule has 6 nitrogen and oxygen atoms in total. The van der Waals surface area contributed by atoms with Crippen LogP contribution >= 0.6 is 0 Å². The van der Waals surface area contributed by atoms with Gasteiger partial charge < -0.3 is 5.32 Å². The van der Waals surface area contributed by atoms with Gasteiger partial charge in [-0.25, -0.2) is 4.68 Å². The van der Waals surface area contributed by atoms with Gasteiger partial charge >= 0.3 is 0 Å². The number of carbonyl (C=O) groups excluding carboxylic acids is 1. The first-order valence-corrected chi connectivity index (χ1v) is 10.7. The number of aromatic nitrogens is 4. The van der Waals surface area contributed by atoms with E-state index in [-0.39, 0.29) is 5.91 Å². The maximum Gasteiger partial charge on any atom is 0.220 e. The normalized spacial score (nSPS) is 11.3. The maximum absolute atomic E-state index is 12.5. The minimum Gasteiger partial charge on any atom is -0.352 e. The first kappa shape index (κ1) is 21.8. The van der Waals surface area contributed by atoms with Gasteiger partial charge in [0.05, 0.1) is 17.1 Å². The van der Waals surface area contributed by atoms with Crippen LogP contribution in [0, 0.1) is 33.6 Å². The van der Waals surface area contributed by atoms with E-state index in [1.807, 2.05) is 55.8 Å². The van der Waals surface area contributed by atoms with Crippen molar-refractivity contribution in [3.05, 3.63) is 64.2 Å². The fourth-order valence-electron chi connectivity index (χ4n) is 3.88. The first-order chi connectivity index (χ1) is 14.3. The number of benzene rings is 1. The Hall–Kier alpha value is -2.89. The van der Waals surface area contributed by atoms with E-state index >= 15 is 0 Å². The Kier molecular flexibility index (Phi) is 6.75. The van der Waals surface area contributed by atoms with Crippen molar-refractivity contribution in [1.82, 2.24) is 24.9 Å². The fourth-order valence-corrected chi connectivity index (χ4v) is 3.88. The van der Waals surface area contributed by atoms with Gasteiger partial charge in [-0.2, -0.15) is 10.2 Å². The van der Waals surface area contributed by atoms with Crippen molar-refractivity contribution in [2.24, 2.45) is 5.92 Å². The number of hydrogen-bond donors (Lipinski definition) is 1. The highest BCUT2D eigenvalue weighted by atomic mass is 16.1. The standard InChI is InChI=1S/C24H33N5O/c1-16(2)15-28-19(5)22(17(3)26-28)12-13-24(30)25-14-23-18(4)27-29(20(23)6)21-10-8-7-9-11-21/h7-11,16H,12-15H2,1-6H3,(H,25,30). The molecule has 0 fully saturated rings. The van der Waals surface area contributed by atoms with Crippen LogP contribution in [-0.4, -0.2) is 25.5 Å². The van der Waals surface area contributed by atoms with Crippen LogP contribution in [0.15, 0.2) is 30.3 Å². The molecule has 1 N–H and O–H groups in total. The number of nitrogens with one attached hydrogen (secondary N) is 1. The van der Waals surface area contributed by atoms with Gasteiger partial charge in [-0.15, -0.1) is 0 Å². The van der Waals surface area contributed by atoms with Crippen molar-refractivity contribution in [2.75, 3.05) is 0 Å². The van der Waals surface area contributed by atoms with Crippen LogP contribution in [0.25, 0.3) is 5.69 Å². The van der Waals surface area contributed by atoms with Gasteiger partial charge in [-0.05, 0) is 57.7 Å². The Labute approximate surface area is 179 Å². The molecule has 3 rings (SSSR count). The molecule has 2 heterocycles. The van der Waals surface area contributed by atoms with Crippen molar-refractivity contribution < 1.29 is 4.79 Å². The molecule has 1 amide bonds. The maximum atomic E-state index is 12.5. The zero-order valence-corrected chi connectivity index (χ0v) is 19.0. The Bertz CT molecular complexity index is 1010. The largest absolute Gasteiger partial charge is 0.352 e. The van der Waals surface area contributed by atoms with Gasteiger partial charge in [0, 0.05) is 36.5 Å². The number of para-hydroxylation sites is 1. The average Bonchev–Trinajstić information content (AvgIpc) is 3.13. The molecule has 0 atom stereocenters. The second kappa shape index (κ2) is 9.28. The van der Waals surface area contributed by atoms with E-state index in [4.69, 9.17) is 0 Å². The lowest BCUT2D eigenvalue weighted by Crippen LogP contribution is -2.23. The molecule has 0 aliphatic rings. The molecular weight excluding hydrogens is 374 g/mol. The minimum absolute atomic E-state index is 0.0525. The number of carbonyl (C=O) groups is 1. The molecule has 0 unspecified atom stereocenters. The lowest BCUT2D eigenvalue weighted by Gasteiger charge is -2.09. The Balaban J connectivity index is 1.61. The summed E-state index contributed by atoms with van der Waals surface area (Å²) in [4.78, 5) is 12.5. The Morgan fingerprint density at radius 2 is 1.63 bits per heavy atom. The number of hydrogen-bond acceptors (Lipinski definition) is 3. The van der Waals surface area contributed by atoms with E-state index in [0.717, 1.165) is 34.9 Å². The fraction of sp³-hybridized carbons (Fsp3) is 0.458. The van der Waals surface area contributed by atoms with Crippen LogP contribution < -0.4 is 5.32 Å². The Morgan fingerprint density at radius 1 is 0.967 bits per heavy atom. The second-order valence-corrected chi connectivity index (χ2v) is 8.40. The van der Waals surface area contributed by atoms with Gasteiger partial charge in [-0.3, -0.25) is 9.48 Å². The molecule has 1 aromatic carbocycles. The van der Waals surface area contributed by atoms with E-state index in [2.05, 4.69) is 41.0 Å². The summed E-state index contributed by atoms with van der Waals surface area (Å²) in [5, 5.41) is 12.4. The van der Waals surface area contributed by atoms with Gasteiger partial charge in [-0.1, -0.05) is 32.0 Å². The molecule has 6 heteroatoms. The molecule has 160 valence electrons. The third-order valence-electron chi connectivity index (χ3n) is 5.58. The van der Waals surface area contributed by atoms with E-state index in [1.54, 1.807) is 0 Å². The molecule has 3 aromatic rings. The topological polar surface area (TPSA) is 64.7 Å². The average molecular weight is 408 g/mol. The lowest BCUT2D eigenvalue weighted by atomic mass is 10.1. The smallest absolute Gasteiger partial charge is 0.220 e. The second-order valence-electron chi connectivity index (χ2n) is 8.40. The zero-order valence-electron chi connectivity index (χ0n) is 19.0. The summed E-state index contributed by atoms with van der Waals surface area (Å²) in [6, 6.07) is 10.1. The van der Waals surface area contributed by atoms with Crippen LogP contribution in [0.5, 0.6) is 0 Å². The molecule has 0 saturated heterocycles. The minimum atomic E-state index is 0.0525. The van der Waals surface area contributed by atoms with Crippen LogP contribution in [0.3, 0.4) is 0 Å². The third kappa shape index (κ3) is 4.81. The molecule has 0 spiro atoms. The van der Waals surface area contributed by atoms with Crippen molar-refractivity contribution in [2.45, 2.75) is 67.5 Å². The first-order valence-electron chi connectivity index (χ1n) is 10.7. The monoisotopic (exact) mass is 407 g/mol. The van der Waals surface area contributed by atoms with E-state index < -0.39 is 0 Å². The van der Waals surface area contributed by atoms with Gasteiger partial charge in [0.25, 0.3) is 0 Å². The molecule has 2 aromatic heterocycles. The number of rotatable bonds is 8. The van der Waals surface area contributed by atoms with E-state index in [9.17, 15) is 4.79 Å². The van der Waals surface area contributed by atoms with E-state index in [0.29, 0.717) is 25.3 Å².